The molecule has 1 aromatic carbocycles. The van der Waals surface area contributed by atoms with E-state index >= 15 is 0 Å². The number of hydrazine groups is 1. The summed E-state index contributed by atoms with van der Waals surface area (Å²) in [5.74, 6) is -0.346. The lowest BCUT2D eigenvalue weighted by atomic mass is 10.1. The smallest absolute Gasteiger partial charge is 0.409 e. The number of aromatic nitrogens is 3. The number of carbonyl (C=O) groups excluding carboxylic acids is 1. The molecule has 3 aromatic rings. The van der Waals surface area contributed by atoms with Crippen LogP contribution >= 0.6 is 0 Å². The van der Waals surface area contributed by atoms with Crippen molar-refractivity contribution in [2.75, 3.05) is 24.5 Å². The summed E-state index contributed by atoms with van der Waals surface area (Å²) in [5, 5.41) is 4.35. The summed E-state index contributed by atoms with van der Waals surface area (Å²) in [7, 11) is 2.58. The Morgan fingerprint density at radius 2 is 1.76 bits per heavy atom. The third kappa shape index (κ3) is 5.48. The number of rotatable bonds is 6. The Morgan fingerprint density at radius 3 is 2.35 bits per heavy atom. The molecule has 1 atom stereocenters. The minimum Gasteiger partial charge on any atom is -0.480 e. The summed E-state index contributed by atoms with van der Waals surface area (Å²) in [4.78, 5) is 25.4. The van der Waals surface area contributed by atoms with Gasteiger partial charge in [-0.25, -0.2) is 20.2 Å². The molecule has 0 saturated heterocycles. The van der Waals surface area contributed by atoms with Crippen LogP contribution in [0.2, 0.25) is 0 Å². The second-order valence-corrected chi connectivity index (χ2v) is 8.50. The largest absolute Gasteiger partial charge is 0.480 e. The molecule has 194 valence electrons. The first-order valence-corrected chi connectivity index (χ1v) is 11.2. The van der Waals surface area contributed by atoms with Crippen LogP contribution in [0.15, 0.2) is 48.4 Å². The lowest BCUT2D eigenvalue weighted by Crippen LogP contribution is -2.45. The van der Waals surface area contributed by atoms with Gasteiger partial charge in [0, 0.05) is 34.9 Å². The van der Waals surface area contributed by atoms with Crippen molar-refractivity contribution in [1.29, 1.82) is 0 Å². The van der Waals surface area contributed by atoms with Crippen molar-refractivity contribution in [3.63, 3.8) is 0 Å². The molecule has 12 heteroatoms. The number of ether oxygens (including phenoxy) is 2. The Bertz CT molecular complexity index is 1360. The van der Waals surface area contributed by atoms with Crippen LogP contribution < -0.4 is 20.5 Å². The summed E-state index contributed by atoms with van der Waals surface area (Å²) < 4.78 is 50.5. The standard InChI is InChI=1S/C25H25F3N6O3/c1-13-6-14(2)8-17(7-13)31-24-30-12-19(16-10-18(23(35)37-5)22(36-4)29-11-16)21(32-24)34-15(3)9-20(33-34)25(26,27)28/h6-12,20,33H,1-5H3,(H,30,31,32). The number of nitrogens with one attached hydrogen (secondary N) is 2. The van der Waals surface area contributed by atoms with Crippen molar-refractivity contribution in [3.8, 4) is 17.0 Å². The highest BCUT2D eigenvalue weighted by molar-refractivity contribution is 5.94. The van der Waals surface area contributed by atoms with Crippen LogP contribution in [0.3, 0.4) is 0 Å². The normalized spacial score (nSPS) is 15.4. The van der Waals surface area contributed by atoms with Crippen molar-refractivity contribution in [2.45, 2.75) is 33.0 Å². The lowest BCUT2D eigenvalue weighted by Gasteiger charge is -2.25. The van der Waals surface area contributed by atoms with E-state index in [9.17, 15) is 18.0 Å². The van der Waals surface area contributed by atoms with Gasteiger partial charge in [-0.3, -0.25) is 5.01 Å². The predicted molar refractivity (Wildman–Crippen MR) is 132 cm³/mol. The van der Waals surface area contributed by atoms with E-state index in [1.807, 2.05) is 32.0 Å². The van der Waals surface area contributed by atoms with E-state index in [-0.39, 0.29) is 28.9 Å². The summed E-state index contributed by atoms with van der Waals surface area (Å²) in [6, 6.07) is 5.38. The van der Waals surface area contributed by atoms with Gasteiger partial charge < -0.3 is 14.8 Å². The van der Waals surface area contributed by atoms with Crippen LogP contribution in [-0.4, -0.2) is 47.4 Å². The van der Waals surface area contributed by atoms with Crippen molar-refractivity contribution in [3.05, 3.63) is 65.1 Å². The zero-order chi connectivity index (χ0) is 26.9. The van der Waals surface area contributed by atoms with Crippen LogP contribution in [0.5, 0.6) is 5.88 Å². The quantitative estimate of drug-likeness (QED) is 0.447. The molecule has 1 aliphatic heterocycles. The molecule has 3 heterocycles. The van der Waals surface area contributed by atoms with Gasteiger partial charge in [-0.2, -0.15) is 18.2 Å². The Hall–Kier alpha value is -4.19. The topological polar surface area (TPSA) is 102 Å². The number of hydrogen-bond acceptors (Lipinski definition) is 9. The monoisotopic (exact) mass is 514 g/mol. The van der Waals surface area contributed by atoms with Crippen LogP contribution in [-0.2, 0) is 4.74 Å². The van der Waals surface area contributed by atoms with E-state index in [0.29, 0.717) is 11.1 Å². The maximum absolute atomic E-state index is 13.5. The summed E-state index contributed by atoms with van der Waals surface area (Å²) in [6.07, 6.45) is -0.577. The number of aryl methyl sites for hydroxylation is 2. The summed E-state index contributed by atoms with van der Waals surface area (Å²) in [6.45, 7) is 5.43. The van der Waals surface area contributed by atoms with Crippen LogP contribution in [0.4, 0.5) is 30.6 Å². The maximum Gasteiger partial charge on any atom is 0.409 e. The molecule has 0 bridgehead atoms. The molecule has 0 aliphatic carbocycles. The molecule has 0 amide bonds. The van der Waals surface area contributed by atoms with Gasteiger partial charge in [-0.05, 0) is 56.2 Å². The number of anilines is 3. The number of nitrogens with zero attached hydrogens (tertiary/aromatic N) is 4. The minimum absolute atomic E-state index is 0.0404. The molecule has 9 nitrogen and oxygen atoms in total. The predicted octanol–water partition coefficient (Wildman–Crippen LogP) is 4.85. The number of methoxy groups -OCH3 is 2. The number of alkyl halides is 3. The molecular weight excluding hydrogens is 489 g/mol. The number of allylic oxidation sites excluding steroid dienone is 1. The van der Waals surface area contributed by atoms with Gasteiger partial charge in [0.15, 0.2) is 5.82 Å². The summed E-state index contributed by atoms with van der Waals surface area (Å²) in [5.41, 5.74) is 6.25. The van der Waals surface area contributed by atoms with Gasteiger partial charge in [0.2, 0.25) is 11.8 Å². The van der Waals surface area contributed by atoms with Gasteiger partial charge in [0.25, 0.3) is 0 Å². The molecule has 0 saturated carbocycles. The fourth-order valence-electron chi connectivity index (χ4n) is 3.99. The van der Waals surface area contributed by atoms with Gasteiger partial charge in [0.05, 0.1) is 14.2 Å². The van der Waals surface area contributed by atoms with Crippen molar-refractivity contribution in [2.24, 2.45) is 0 Å². The molecule has 1 unspecified atom stereocenters. The Kier molecular flexibility index (Phi) is 7.03. The fraction of sp³-hybridized carbons (Fsp3) is 0.280. The number of carbonyl (C=O) groups is 1. The second kappa shape index (κ2) is 10.1. The zero-order valence-electron chi connectivity index (χ0n) is 20.8. The second-order valence-electron chi connectivity index (χ2n) is 8.50. The van der Waals surface area contributed by atoms with Crippen molar-refractivity contribution >= 4 is 23.4 Å². The van der Waals surface area contributed by atoms with E-state index < -0.39 is 18.2 Å². The molecule has 37 heavy (non-hydrogen) atoms. The molecule has 1 aliphatic rings. The molecule has 0 radical (unpaired) electrons. The number of hydrogen-bond donors (Lipinski definition) is 2. The third-order valence-corrected chi connectivity index (χ3v) is 5.60. The number of esters is 1. The highest BCUT2D eigenvalue weighted by Gasteiger charge is 2.43. The van der Waals surface area contributed by atoms with Gasteiger partial charge in [-0.15, -0.1) is 0 Å². The van der Waals surface area contributed by atoms with Crippen molar-refractivity contribution < 1.29 is 27.4 Å². The highest BCUT2D eigenvalue weighted by atomic mass is 19.4. The number of pyridine rings is 1. The molecule has 0 fully saturated rings. The van der Waals surface area contributed by atoms with Gasteiger partial charge >= 0.3 is 12.1 Å². The number of benzene rings is 1. The average Bonchev–Trinajstić information content (AvgIpc) is 3.24. The Morgan fingerprint density at radius 1 is 1.05 bits per heavy atom. The van der Waals surface area contributed by atoms with E-state index in [1.165, 1.54) is 44.6 Å². The molecular formula is C25H25F3N6O3. The first-order valence-electron chi connectivity index (χ1n) is 11.2. The Labute approximate surface area is 211 Å². The van der Waals surface area contributed by atoms with E-state index in [1.54, 1.807) is 0 Å². The van der Waals surface area contributed by atoms with Crippen LogP contribution in [0, 0.1) is 13.8 Å². The number of halogens is 3. The SMILES string of the molecule is COC(=O)c1cc(-c2cnc(Nc3cc(C)cc(C)c3)nc2N2NC(C(F)(F)F)C=C2C)cnc1OC. The minimum atomic E-state index is -4.51. The summed E-state index contributed by atoms with van der Waals surface area (Å²) >= 11 is 0. The first kappa shape index (κ1) is 25.9. The van der Waals surface area contributed by atoms with E-state index in [2.05, 4.69) is 25.7 Å². The van der Waals surface area contributed by atoms with Crippen LogP contribution in [0.25, 0.3) is 11.1 Å². The fourth-order valence-corrected chi connectivity index (χ4v) is 3.99. The van der Waals surface area contributed by atoms with Gasteiger partial charge in [-0.1, -0.05) is 6.07 Å². The molecule has 2 aromatic heterocycles. The van der Waals surface area contributed by atoms with Crippen molar-refractivity contribution in [1.82, 2.24) is 20.4 Å². The molecule has 2 N–H and O–H groups in total. The van der Waals surface area contributed by atoms with Gasteiger partial charge in [0.1, 0.15) is 11.6 Å². The molecule has 0 spiro atoms. The maximum atomic E-state index is 13.5. The third-order valence-electron chi connectivity index (χ3n) is 5.60. The van der Waals surface area contributed by atoms with E-state index in [4.69, 9.17) is 9.47 Å². The average molecular weight is 515 g/mol. The lowest BCUT2D eigenvalue weighted by molar-refractivity contribution is -0.142. The first-order chi connectivity index (χ1) is 17.5. The van der Waals surface area contributed by atoms with E-state index in [0.717, 1.165) is 22.9 Å². The Balaban J connectivity index is 1.83. The highest BCUT2D eigenvalue weighted by Crippen LogP contribution is 2.36. The zero-order valence-corrected chi connectivity index (χ0v) is 20.8. The van der Waals surface area contributed by atoms with Crippen LogP contribution in [0.1, 0.15) is 28.4 Å². The molecule has 4 rings (SSSR count).